The van der Waals surface area contributed by atoms with Crippen LogP contribution in [0.15, 0.2) is 59.0 Å². The average Bonchev–Trinajstić information content (AvgIpc) is 3.09. The van der Waals surface area contributed by atoms with Crippen LogP contribution in [-0.2, 0) is 0 Å². The van der Waals surface area contributed by atoms with Gasteiger partial charge >= 0.3 is 0 Å². The molecule has 1 heteroatoms. The first-order valence-corrected chi connectivity index (χ1v) is 7.53. The zero-order chi connectivity index (χ0) is 14.2. The van der Waals surface area contributed by atoms with E-state index < -0.39 is 0 Å². The van der Waals surface area contributed by atoms with Crippen molar-refractivity contribution in [2.75, 3.05) is 0 Å². The van der Waals surface area contributed by atoms with Crippen molar-refractivity contribution in [1.29, 1.82) is 0 Å². The Hall–Kier alpha value is -2.28. The monoisotopic (exact) mass is 273 g/mol. The molecule has 1 aliphatic rings. The lowest BCUT2D eigenvalue weighted by molar-refractivity contribution is 0.598. The predicted molar refractivity (Wildman–Crippen MR) is 87.8 cm³/mol. The average molecular weight is 273 g/mol. The van der Waals surface area contributed by atoms with Gasteiger partial charge in [0, 0.05) is 16.9 Å². The summed E-state index contributed by atoms with van der Waals surface area (Å²) < 4.78 is 6.07. The molecule has 103 valence electrons. The number of fused-ring (bicyclic) bond motifs is 2. The highest BCUT2D eigenvalue weighted by atomic mass is 16.3. The summed E-state index contributed by atoms with van der Waals surface area (Å²) >= 11 is 0. The van der Waals surface area contributed by atoms with Crippen molar-refractivity contribution in [3.8, 4) is 0 Å². The molecule has 0 fully saturated rings. The van der Waals surface area contributed by atoms with Gasteiger partial charge < -0.3 is 4.42 Å². The molecule has 1 radical (unpaired) electrons. The second-order valence-electron chi connectivity index (χ2n) is 5.52. The highest BCUT2D eigenvalue weighted by molar-refractivity contribution is 5.99. The van der Waals surface area contributed by atoms with Gasteiger partial charge in [-0.1, -0.05) is 55.8 Å². The quantitative estimate of drug-likeness (QED) is 0.595. The van der Waals surface area contributed by atoms with Gasteiger partial charge in [-0.2, -0.15) is 0 Å². The van der Waals surface area contributed by atoms with Crippen molar-refractivity contribution in [2.45, 2.75) is 19.8 Å². The molecule has 0 aliphatic heterocycles. The van der Waals surface area contributed by atoms with E-state index in [0.717, 1.165) is 24.2 Å². The van der Waals surface area contributed by atoms with Gasteiger partial charge in [0.2, 0.25) is 0 Å². The minimum atomic E-state index is 0.959. The van der Waals surface area contributed by atoms with E-state index in [1.807, 2.05) is 12.1 Å². The molecule has 21 heavy (non-hydrogen) atoms. The first-order chi connectivity index (χ1) is 10.4. The van der Waals surface area contributed by atoms with Crippen LogP contribution in [0.5, 0.6) is 0 Å². The molecule has 0 atom stereocenters. The molecule has 4 rings (SSSR count). The molecule has 1 aliphatic carbocycles. The summed E-state index contributed by atoms with van der Waals surface area (Å²) in [6.07, 6.45) is 4.49. The van der Waals surface area contributed by atoms with Crippen LogP contribution in [0.1, 0.15) is 36.7 Å². The summed E-state index contributed by atoms with van der Waals surface area (Å²) in [4.78, 5) is 0. The predicted octanol–water partition coefficient (Wildman–Crippen LogP) is 5.71. The number of hydrogen-bond donors (Lipinski definition) is 0. The van der Waals surface area contributed by atoms with Crippen molar-refractivity contribution < 1.29 is 4.42 Å². The molecule has 1 nitrogen and oxygen atoms in total. The summed E-state index contributed by atoms with van der Waals surface area (Å²) in [7, 11) is 0. The number of furan rings is 1. The van der Waals surface area contributed by atoms with Gasteiger partial charge in [0.25, 0.3) is 0 Å². The van der Waals surface area contributed by atoms with E-state index in [1.54, 1.807) is 0 Å². The first-order valence-electron chi connectivity index (χ1n) is 7.53. The Kier molecular flexibility index (Phi) is 2.92. The second kappa shape index (κ2) is 4.92. The minimum absolute atomic E-state index is 0.959. The maximum Gasteiger partial charge on any atom is 0.134 e. The van der Waals surface area contributed by atoms with Crippen LogP contribution in [0.2, 0.25) is 0 Å². The van der Waals surface area contributed by atoms with Gasteiger partial charge in [-0.15, -0.1) is 0 Å². The molecular weight excluding hydrogens is 256 g/mol. The summed E-state index contributed by atoms with van der Waals surface area (Å²) in [5.41, 5.74) is 4.86. The van der Waals surface area contributed by atoms with Crippen LogP contribution in [0.4, 0.5) is 0 Å². The van der Waals surface area contributed by atoms with Crippen LogP contribution >= 0.6 is 0 Å². The van der Waals surface area contributed by atoms with Crippen LogP contribution < -0.4 is 0 Å². The van der Waals surface area contributed by atoms with Crippen molar-refractivity contribution in [1.82, 2.24) is 0 Å². The van der Waals surface area contributed by atoms with E-state index in [2.05, 4.69) is 55.5 Å². The standard InChI is InChI=1S/C20H17O/c1-2-7-17-16-10-5-3-8-14(16)12-18(17)20-13-15-9-4-6-11-19(15)21-20/h3-6,8-13H,2,7H2,1H3. The third kappa shape index (κ3) is 2.01. The Morgan fingerprint density at radius 3 is 2.62 bits per heavy atom. The topological polar surface area (TPSA) is 13.1 Å². The van der Waals surface area contributed by atoms with Gasteiger partial charge in [0.1, 0.15) is 11.3 Å². The fourth-order valence-electron chi connectivity index (χ4n) is 3.14. The van der Waals surface area contributed by atoms with Crippen molar-refractivity contribution in [3.63, 3.8) is 0 Å². The van der Waals surface area contributed by atoms with Gasteiger partial charge in [-0.05, 0) is 35.8 Å². The normalized spacial score (nSPS) is 14.4. The Morgan fingerprint density at radius 2 is 1.76 bits per heavy atom. The van der Waals surface area contributed by atoms with Crippen LogP contribution in [-0.4, -0.2) is 0 Å². The van der Waals surface area contributed by atoms with E-state index in [1.165, 1.54) is 28.0 Å². The third-order valence-electron chi connectivity index (χ3n) is 4.10. The molecule has 0 N–H and O–H groups in total. The summed E-state index contributed by atoms with van der Waals surface area (Å²) in [5, 5.41) is 1.17. The molecule has 0 spiro atoms. The summed E-state index contributed by atoms with van der Waals surface area (Å²) in [5.74, 6) is 2.39. The highest BCUT2D eigenvalue weighted by Crippen LogP contribution is 2.44. The van der Waals surface area contributed by atoms with Crippen LogP contribution in [0.25, 0.3) is 22.6 Å². The molecule has 0 saturated heterocycles. The lowest BCUT2D eigenvalue weighted by Gasteiger charge is -2.13. The SMILES string of the molecule is CCC[C]1C(c2cc3ccccc3o2)=Cc2ccccc21. The zero-order valence-electron chi connectivity index (χ0n) is 12.1. The van der Waals surface area contributed by atoms with E-state index in [-0.39, 0.29) is 0 Å². The molecule has 1 aromatic heterocycles. The second-order valence-corrected chi connectivity index (χ2v) is 5.52. The molecule has 0 saturated carbocycles. The van der Waals surface area contributed by atoms with Crippen LogP contribution in [0, 0.1) is 5.92 Å². The third-order valence-corrected chi connectivity index (χ3v) is 4.10. The molecule has 3 aromatic rings. The van der Waals surface area contributed by atoms with Crippen LogP contribution in [0.3, 0.4) is 0 Å². The smallest absolute Gasteiger partial charge is 0.134 e. The van der Waals surface area contributed by atoms with E-state index in [0.29, 0.717) is 0 Å². The maximum atomic E-state index is 6.07. The zero-order valence-corrected chi connectivity index (χ0v) is 12.1. The maximum absolute atomic E-state index is 6.07. The molecule has 0 bridgehead atoms. The van der Waals surface area contributed by atoms with Gasteiger partial charge in [0.15, 0.2) is 0 Å². The van der Waals surface area contributed by atoms with E-state index in [9.17, 15) is 0 Å². The minimum Gasteiger partial charge on any atom is -0.456 e. The molecule has 0 unspecified atom stereocenters. The van der Waals surface area contributed by atoms with Crippen molar-refractivity contribution in [2.24, 2.45) is 0 Å². The fourth-order valence-corrected chi connectivity index (χ4v) is 3.14. The lowest BCUT2D eigenvalue weighted by Crippen LogP contribution is -1.98. The highest BCUT2D eigenvalue weighted by Gasteiger charge is 2.27. The fraction of sp³-hybridized carbons (Fsp3) is 0.150. The Labute approximate surface area is 124 Å². The van der Waals surface area contributed by atoms with Crippen molar-refractivity contribution in [3.05, 3.63) is 77.4 Å². The Bertz CT molecular complexity index is 789. The number of para-hydroxylation sites is 1. The summed E-state index contributed by atoms with van der Waals surface area (Å²) in [6.45, 7) is 2.23. The number of allylic oxidation sites excluding steroid dienone is 1. The van der Waals surface area contributed by atoms with E-state index >= 15 is 0 Å². The first kappa shape index (κ1) is 12.5. The van der Waals surface area contributed by atoms with Crippen molar-refractivity contribution >= 4 is 22.6 Å². The largest absolute Gasteiger partial charge is 0.456 e. The Morgan fingerprint density at radius 1 is 0.952 bits per heavy atom. The number of hydrogen-bond acceptors (Lipinski definition) is 1. The lowest BCUT2D eigenvalue weighted by atomic mass is 9.90. The summed E-state index contributed by atoms with van der Waals surface area (Å²) in [6, 6.07) is 19.0. The molecule has 2 aromatic carbocycles. The number of benzene rings is 2. The van der Waals surface area contributed by atoms with Gasteiger partial charge in [0.05, 0.1) is 0 Å². The molecule has 1 heterocycles. The van der Waals surface area contributed by atoms with Gasteiger partial charge in [-0.3, -0.25) is 0 Å². The van der Waals surface area contributed by atoms with E-state index in [4.69, 9.17) is 4.42 Å². The van der Waals surface area contributed by atoms with Gasteiger partial charge in [-0.25, -0.2) is 0 Å². The molecular formula is C20H17O. The molecule has 0 amide bonds. The number of rotatable bonds is 3. The Balaban J connectivity index is 1.83.